The summed E-state index contributed by atoms with van der Waals surface area (Å²) in [6, 6.07) is 16.4. The molecule has 24 heavy (non-hydrogen) atoms. The van der Waals surface area contributed by atoms with E-state index in [9.17, 15) is 9.90 Å². The number of ketones is 1. The van der Waals surface area contributed by atoms with Crippen LogP contribution in [0.1, 0.15) is 15.9 Å². The molecule has 0 aromatic heterocycles. The van der Waals surface area contributed by atoms with Crippen molar-refractivity contribution in [1.29, 1.82) is 0 Å². The first-order chi connectivity index (χ1) is 11.6. The summed E-state index contributed by atoms with van der Waals surface area (Å²) in [4.78, 5) is 12.5. The number of allylic oxidation sites excluding steroid dienone is 1. The third-order valence-corrected chi connectivity index (χ3v) is 4.27. The molecule has 0 spiro atoms. The molecule has 0 unspecified atom stereocenters. The minimum Gasteiger partial charge on any atom is -0.507 e. The summed E-state index contributed by atoms with van der Waals surface area (Å²) in [6.07, 6.45) is 3.12. The number of fused-ring (bicyclic) bond motifs is 1. The van der Waals surface area contributed by atoms with E-state index < -0.39 is 0 Å². The minimum atomic E-state index is -0.264. The van der Waals surface area contributed by atoms with Crippen molar-refractivity contribution in [2.24, 2.45) is 0 Å². The maximum atomic E-state index is 12.5. The Bertz CT molecular complexity index is 945. The summed E-state index contributed by atoms with van der Waals surface area (Å²) < 4.78 is 6.18. The molecule has 120 valence electrons. The van der Waals surface area contributed by atoms with Gasteiger partial charge in [-0.3, -0.25) is 4.79 Å². The van der Waals surface area contributed by atoms with E-state index >= 15 is 0 Å². The Morgan fingerprint density at radius 2 is 1.92 bits per heavy atom. The second-order valence-electron chi connectivity index (χ2n) is 5.27. The Kier molecular flexibility index (Phi) is 4.67. The average Bonchev–Trinajstić information content (AvgIpc) is 2.60. The number of halogens is 1. The molecule has 0 amide bonds. The van der Waals surface area contributed by atoms with Crippen LogP contribution in [0.25, 0.3) is 16.8 Å². The topological polar surface area (TPSA) is 46.5 Å². The first-order valence-electron chi connectivity index (χ1n) is 7.37. The lowest BCUT2D eigenvalue weighted by Crippen LogP contribution is -1.96. The molecule has 0 aliphatic heterocycles. The maximum absolute atomic E-state index is 12.5. The van der Waals surface area contributed by atoms with Gasteiger partial charge in [-0.1, -0.05) is 46.3 Å². The van der Waals surface area contributed by atoms with E-state index in [2.05, 4.69) is 15.9 Å². The van der Waals surface area contributed by atoms with E-state index in [0.29, 0.717) is 11.1 Å². The molecule has 0 aliphatic carbocycles. The van der Waals surface area contributed by atoms with Crippen LogP contribution in [0.3, 0.4) is 0 Å². The smallest absolute Gasteiger partial charge is 0.189 e. The summed E-state index contributed by atoms with van der Waals surface area (Å²) in [7, 11) is 1.58. The van der Waals surface area contributed by atoms with Gasteiger partial charge in [-0.05, 0) is 41.8 Å². The molecule has 3 nitrogen and oxygen atoms in total. The number of hydrogen-bond donors (Lipinski definition) is 1. The van der Waals surface area contributed by atoms with Crippen LogP contribution < -0.4 is 4.74 Å². The fraction of sp³-hybridized carbons (Fsp3) is 0.0500. The fourth-order valence-electron chi connectivity index (χ4n) is 2.54. The van der Waals surface area contributed by atoms with Gasteiger partial charge in [0.2, 0.25) is 0 Å². The molecular weight excluding hydrogens is 368 g/mol. The summed E-state index contributed by atoms with van der Waals surface area (Å²) in [5.41, 5.74) is 1.06. The highest BCUT2D eigenvalue weighted by molar-refractivity contribution is 9.10. The summed E-state index contributed by atoms with van der Waals surface area (Å²) in [5.74, 6) is 0.411. The van der Waals surface area contributed by atoms with E-state index in [1.54, 1.807) is 25.3 Å². The minimum absolute atomic E-state index is 0.00366. The highest BCUT2D eigenvalue weighted by Crippen LogP contribution is 2.29. The van der Waals surface area contributed by atoms with Gasteiger partial charge in [0.05, 0.1) is 12.7 Å². The van der Waals surface area contributed by atoms with Crippen LogP contribution in [0.4, 0.5) is 0 Å². The molecule has 0 radical (unpaired) electrons. The lowest BCUT2D eigenvalue weighted by Gasteiger charge is -2.06. The van der Waals surface area contributed by atoms with Crippen LogP contribution in [0.15, 0.2) is 65.1 Å². The van der Waals surface area contributed by atoms with Crippen molar-refractivity contribution in [2.45, 2.75) is 0 Å². The Hall–Kier alpha value is -2.59. The van der Waals surface area contributed by atoms with Crippen molar-refractivity contribution in [3.05, 3.63) is 76.3 Å². The normalized spacial score (nSPS) is 11.1. The van der Waals surface area contributed by atoms with Crippen LogP contribution in [-0.2, 0) is 0 Å². The van der Waals surface area contributed by atoms with Crippen LogP contribution in [0.2, 0.25) is 0 Å². The van der Waals surface area contributed by atoms with E-state index in [1.807, 2.05) is 42.5 Å². The van der Waals surface area contributed by atoms with Crippen LogP contribution >= 0.6 is 15.9 Å². The maximum Gasteiger partial charge on any atom is 0.189 e. The van der Waals surface area contributed by atoms with Crippen LogP contribution in [0.5, 0.6) is 11.5 Å². The second-order valence-corrected chi connectivity index (χ2v) is 6.18. The van der Waals surface area contributed by atoms with Crippen molar-refractivity contribution in [2.75, 3.05) is 7.11 Å². The Morgan fingerprint density at radius 1 is 1.12 bits per heavy atom. The number of ether oxygens (including phenoxy) is 1. The predicted molar refractivity (Wildman–Crippen MR) is 99.7 cm³/mol. The molecule has 3 rings (SSSR count). The average molecular weight is 383 g/mol. The van der Waals surface area contributed by atoms with E-state index in [0.717, 1.165) is 15.4 Å². The predicted octanol–water partition coefficient (Wildman–Crippen LogP) is 5.21. The molecule has 4 heteroatoms. The van der Waals surface area contributed by atoms with Crippen molar-refractivity contribution in [1.82, 2.24) is 0 Å². The number of methoxy groups -OCH3 is 1. The Morgan fingerprint density at radius 3 is 2.71 bits per heavy atom. The zero-order valence-corrected chi connectivity index (χ0v) is 14.6. The molecule has 0 fully saturated rings. The summed E-state index contributed by atoms with van der Waals surface area (Å²) in [6.45, 7) is 0. The molecule has 0 atom stereocenters. The number of benzene rings is 3. The van der Waals surface area contributed by atoms with Gasteiger partial charge in [-0.25, -0.2) is 0 Å². The Balaban J connectivity index is 1.96. The molecular formula is C20H15BrO3. The second kappa shape index (κ2) is 6.89. The van der Waals surface area contributed by atoms with Gasteiger partial charge in [0.1, 0.15) is 11.5 Å². The molecule has 1 N–H and O–H groups in total. The van der Waals surface area contributed by atoms with Crippen LogP contribution in [-0.4, -0.2) is 18.0 Å². The Labute approximate surface area is 148 Å². The number of aromatic hydroxyl groups is 1. The van der Waals surface area contributed by atoms with Gasteiger partial charge in [0.25, 0.3) is 0 Å². The van der Waals surface area contributed by atoms with Crippen molar-refractivity contribution in [3.63, 3.8) is 0 Å². The first-order valence-corrected chi connectivity index (χ1v) is 8.16. The molecule has 0 aliphatic rings. The van der Waals surface area contributed by atoms with Gasteiger partial charge in [-0.15, -0.1) is 0 Å². The monoisotopic (exact) mass is 382 g/mol. The molecule has 0 bridgehead atoms. The zero-order chi connectivity index (χ0) is 17.1. The number of carbonyl (C=O) groups excluding carboxylic acids is 1. The fourth-order valence-corrected chi connectivity index (χ4v) is 2.92. The lowest BCUT2D eigenvalue weighted by molar-refractivity contribution is 0.104. The number of phenolic OH excluding ortho intramolecular Hbond substituents is 1. The van der Waals surface area contributed by atoms with Gasteiger partial charge in [-0.2, -0.15) is 0 Å². The third-order valence-electron chi connectivity index (χ3n) is 3.77. The van der Waals surface area contributed by atoms with Gasteiger partial charge < -0.3 is 9.84 Å². The first kappa shape index (κ1) is 16.3. The van der Waals surface area contributed by atoms with Gasteiger partial charge >= 0.3 is 0 Å². The quantitative estimate of drug-likeness (QED) is 0.497. The number of carbonyl (C=O) groups is 1. The largest absolute Gasteiger partial charge is 0.507 e. The third kappa shape index (κ3) is 3.19. The van der Waals surface area contributed by atoms with E-state index in [1.165, 1.54) is 6.08 Å². The van der Waals surface area contributed by atoms with E-state index in [-0.39, 0.29) is 17.1 Å². The lowest BCUT2D eigenvalue weighted by atomic mass is 10.0. The van der Waals surface area contributed by atoms with Crippen molar-refractivity contribution in [3.8, 4) is 11.5 Å². The number of rotatable bonds is 4. The standard InChI is InChI=1S/C20H15BrO3/c1-24-19-11-8-15(21)12-14(19)7-10-18(22)17-9-6-13-4-2-3-5-16(13)20(17)23/h2-12,23H,1H3. The number of phenols is 1. The summed E-state index contributed by atoms with van der Waals surface area (Å²) in [5, 5.41) is 11.9. The van der Waals surface area contributed by atoms with Crippen molar-refractivity contribution < 1.29 is 14.6 Å². The highest BCUT2D eigenvalue weighted by atomic mass is 79.9. The van der Waals surface area contributed by atoms with Crippen molar-refractivity contribution >= 4 is 38.6 Å². The summed E-state index contributed by atoms with van der Waals surface area (Å²) >= 11 is 3.40. The van der Waals surface area contributed by atoms with Gasteiger partial charge in [0, 0.05) is 15.4 Å². The SMILES string of the molecule is COc1ccc(Br)cc1C=CC(=O)c1ccc2ccccc2c1O. The zero-order valence-electron chi connectivity index (χ0n) is 13.0. The van der Waals surface area contributed by atoms with Gasteiger partial charge in [0.15, 0.2) is 5.78 Å². The van der Waals surface area contributed by atoms with E-state index in [4.69, 9.17) is 4.74 Å². The molecule has 0 heterocycles. The molecule has 3 aromatic carbocycles. The molecule has 0 saturated carbocycles. The highest BCUT2D eigenvalue weighted by Gasteiger charge is 2.11. The molecule has 0 saturated heterocycles. The number of hydrogen-bond acceptors (Lipinski definition) is 3. The van der Waals surface area contributed by atoms with Crippen LogP contribution in [0, 0.1) is 0 Å². The molecule has 3 aromatic rings.